The van der Waals surface area contributed by atoms with Crippen molar-refractivity contribution >= 4 is 12.4 Å². The van der Waals surface area contributed by atoms with Gasteiger partial charge in [-0.25, -0.2) is 0 Å². The van der Waals surface area contributed by atoms with Gasteiger partial charge < -0.3 is 10.1 Å². The molecule has 0 atom stereocenters. The van der Waals surface area contributed by atoms with Crippen molar-refractivity contribution in [3.63, 3.8) is 0 Å². The third-order valence-corrected chi connectivity index (χ3v) is 1.84. The average Bonchev–Trinajstić information content (AvgIpc) is 1.84. The van der Waals surface area contributed by atoms with E-state index in [0.29, 0.717) is 0 Å². The molecule has 1 N–H and O–H groups in total. The average molecular weight is 178 g/mol. The van der Waals surface area contributed by atoms with Crippen LogP contribution in [0.4, 0.5) is 0 Å². The molecule has 0 aromatic carbocycles. The van der Waals surface area contributed by atoms with Crippen LogP contribution < -0.4 is 5.32 Å². The molecule has 1 aliphatic rings. The van der Waals surface area contributed by atoms with Gasteiger partial charge in [0, 0.05) is 0 Å². The van der Waals surface area contributed by atoms with Crippen LogP contribution in [0, 0.1) is 0 Å². The molecule has 1 rings (SSSR count). The topological polar surface area (TPSA) is 21.3 Å². The van der Waals surface area contributed by atoms with Crippen molar-refractivity contribution in [2.24, 2.45) is 0 Å². The summed E-state index contributed by atoms with van der Waals surface area (Å²) in [5.74, 6) is 0. The Balaban J connectivity index is 0.000001000. The maximum Gasteiger partial charge on any atom is 0.0688 e. The minimum Gasteiger partial charge on any atom is -0.377 e. The monoisotopic (exact) mass is 177 g/mol. The lowest BCUT2D eigenvalue weighted by Gasteiger charge is -2.41. The summed E-state index contributed by atoms with van der Waals surface area (Å²) in [7, 11) is 0. The van der Waals surface area contributed by atoms with E-state index < -0.39 is 0 Å². The second-order valence-electron chi connectivity index (χ2n) is 2.80. The predicted octanol–water partition coefficient (Wildman–Crippen LogP) is 1.36. The number of hydrogen-bond acceptors (Lipinski definition) is 2. The van der Waals surface area contributed by atoms with E-state index in [1.165, 1.54) is 0 Å². The van der Waals surface area contributed by atoms with E-state index in [9.17, 15) is 0 Å². The SMILES string of the molecule is C=CCC1(NCC)COC1.Cl. The molecule has 0 aliphatic carbocycles. The molecule has 1 saturated heterocycles. The first-order chi connectivity index (χ1) is 4.83. The van der Waals surface area contributed by atoms with Crippen molar-refractivity contribution in [2.75, 3.05) is 19.8 Å². The molecule has 2 nitrogen and oxygen atoms in total. The summed E-state index contributed by atoms with van der Waals surface area (Å²) in [5, 5.41) is 3.40. The standard InChI is InChI=1S/C8H15NO.ClH/c1-3-5-8(9-4-2)6-10-7-8;/h3,9H,1,4-7H2,2H3;1H. The molecule has 1 aliphatic heterocycles. The number of hydrogen-bond donors (Lipinski definition) is 1. The van der Waals surface area contributed by atoms with Crippen molar-refractivity contribution in [3.8, 4) is 0 Å². The lowest BCUT2D eigenvalue weighted by atomic mass is 9.93. The van der Waals surface area contributed by atoms with Crippen molar-refractivity contribution in [2.45, 2.75) is 18.9 Å². The Morgan fingerprint density at radius 1 is 1.64 bits per heavy atom. The number of ether oxygens (including phenoxy) is 1. The van der Waals surface area contributed by atoms with Gasteiger partial charge in [0.05, 0.1) is 18.8 Å². The highest BCUT2D eigenvalue weighted by Crippen LogP contribution is 2.20. The van der Waals surface area contributed by atoms with Crippen LogP contribution in [0.15, 0.2) is 12.7 Å². The summed E-state index contributed by atoms with van der Waals surface area (Å²) < 4.78 is 5.13. The van der Waals surface area contributed by atoms with E-state index >= 15 is 0 Å². The first-order valence-corrected chi connectivity index (χ1v) is 3.77. The molecule has 0 bridgehead atoms. The van der Waals surface area contributed by atoms with Gasteiger partial charge in [-0.3, -0.25) is 0 Å². The van der Waals surface area contributed by atoms with Gasteiger partial charge in [-0.05, 0) is 13.0 Å². The fourth-order valence-electron chi connectivity index (χ4n) is 1.29. The second kappa shape index (κ2) is 4.75. The van der Waals surface area contributed by atoms with Crippen LogP contribution in [-0.2, 0) is 4.74 Å². The Labute approximate surface area is 74.4 Å². The van der Waals surface area contributed by atoms with E-state index in [1.807, 2.05) is 6.08 Å². The molecule has 0 aromatic rings. The van der Waals surface area contributed by atoms with Crippen LogP contribution in [0.3, 0.4) is 0 Å². The minimum absolute atomic E-state index is 0. The molecule has 3 heteroatoms. The van der Waals surface area contributed by atoms with Crippen molar-refractivity contribution in [1.29, 1.82) is 0 Å². The summed E-state index contributed by atoms with van der Waals surface area (Å²) in [4.78, 5) is 0. The fraction of sp³-hybridized carbons (Fsp3) is 0.750. The molecule has 0 unspecified atom stereocenters. The van der Waals surface area contributed by atoms with E-state index in [2.05, 4.69) is 18.8 Å². The Morgan fingerprint density at radius 2 is 2.27 bits per heavy atom. The molecular formula is C8H16ClNO. The Bertz CT molecular complexity index is 123. The molecule has 0 amide bonds. The van der Waals surface area contributed by atoms with Gasteiger partial charge in [0.25, 0.3) is 0 Å². The number of nitrogens with one attached hydrogen (secondary N) is 1. The Hall–Kier alpha value is -0.0500. The van der Waals surface area contributed by atoms with Crippen LogP contribution in [-0.4, -0.2) is 25.3 Å². The van der Waals surface area contributed by atoms with E-state index in [0.717, 1.165) is 26.2 Å². The van der Waals surface area contributed by atoms with E-state index in [4.69, 9.17) is 4.74 Å². The largest absolute Gasteiger partial charge is 0.377 e. The van der Waals surface area contributed by atoms with Gasteiger partial charge in [-0.15, -0.1) is 19.0 Å². The van der Waals surface area contributed by atoms with Crippen molar-refractivity contribution in [3.05, 3.63) is 12.7 Å². The van der Waals surface area contributed by atoms with Crippen molar-refractivity contribution in [1.82, 2.24) is 5.32 Å². The van der Waals surface area contributed by atoms with Crippen molar-refractivity contribution < 1.29 is 4.74 Å². The van der Waals surface area contributed by atoms with Crippen LogP contribution >= 0.6 is 12.4 Å². The predicted molar refractivity (Wildman–Crippen MR) is 49.3 cm³/mol. The third-order valence-electron chi connectivity index (χ3n) is 1.84. The molecule has 0 saturated carbocycles. The van der Waals surface area contributed by atoms with Gasteiger partial charge in [-0.2, -0.15) is 0 Å². The quantitative estimate of drug-likeness (QED) is 0.655. The zero-order chi connectivity index (χ0) is 7.45. The first-order valence-electron chi connectivity index (χ1n) is 3.77. The summed E-state index contributed by atoms with van der Waals surface area (Å²) in [6, 6.07) is 0. The molecule has 0 radical (unpaired) electrons. The summed E-state index contributed by atoms with van der Waals surface area (Å²) >= 11 is 0. The van der Waals surface area contributed by atoms with E-state index in [-0.39, 0.29) is 17.9 Å². The number of likely N-dealkylation sites (N-methyl/N-ethyl adjacent to an activating group) is 1. The van der Waals surface area contributed by atoms with Gasteiger partial charge in [0.15, 0.2) is 0 Å². The molecule has 0 aromatic heterocycles. The second-order valence-corrected chi connectivity index (χ2v) is 2.80. The number of halogens is 1. The van der Waals surface area contributed by atoms with Crippen LogP contribution in [0.1, 0.15) is 13.3 Å². The summed E-state index contributed by atoms with van der Waals surface area (Å²) in [5.41, 5.74) is 0.233. The molecule has 66 valence electrons. The highest BCUT2D eigenvalue weighted by atomic mass is 35.5. The summed E-state index contributed by atoms with van der Waals surface area (Å²) in [6.07, 6.45) is 2.96. The highest BCUT2D eigenvalue weighted by Gasteiger charge is 2.35. The Kier molecular flexibility index (Phi) is 4.73. The zero-order valence-corrected chi connectivity index (χ0v) is 7.75. The van der Waals surface area contributed by atoms with Crippen LogP contribution in [0.5, 0.6) is 0 Å². The van der Waals surface area contributed by atoms with Gasteiger partial charge in [0.1, 0.15) is 0 Å². The highest BCUT2D eigenvalue weighted by molar-refractivity contribution is 5.85. The number of rotatable bonds is 4. The molecule has 0 spiro atoms. The first kappa shape index (κ1) is 11.0. The normalized spacial score (nSPS) is 19.7. The van der Waals surface area contributed by atoms with Gasteiger partial charge in [0.2, 0.25) is 0 Å². The summed E-state index contributed by atoms with van der Waals surface area (Å²) in [6.45, 7) is 8.52. The molecule has 11 heavy (non-hydrogen) atoms. The fourth-order valence-corrected chi connectivity index (χ4v) is 1.29. The zero-order valence-electron chi connectivity index (χ0n) is 6.93. The molecular weight excluding hydrogens is 162 g/mol. The maximum absolute atomic E-state index is 5.13. The smallest absolute Gasteiger partial charge is 0.0688 e. The Morgan fingerprint density at radius 3 is 2.55 bits per heavy atom. The lowest BCUT2D eigenvalue weighted by molar-refractivity contribution is -0.0716. The lowest BCUT2D eigenvalue weighted by Crippen LogP contribution is -2.59. The third kappa shape index (κ3) is 2.47. The molecule has 1 fully saturated rings. The van der Waals surface area contributed by atoms with Gasteiger partial charge >= 0.3 is 0 Å². The van der Waals surface area contributed by atoms with Crippen LogP contribution in [0.25, 0.3) is 0 Å². The van der Waals surface area contributed by atoms with E-state index in [1.54, 1.807) is 0 Å². The minimum atomic E-state index is 0. The van der Waals surface area contributed by atoms with Gasteiger partial charge in [-0.1, -0.05) is 13.0 Å². The maximum atomic E-state index is 5.13. The molecule has 1 heterocycles. The van der Waals surface area contributed by atoms with Crippen LogP contribution in [0.2, 0.25) is 0 Å².